The zero-order chi connectivity index (χ0) is 20.5. The first-order chi connectivity index (χ1) is 14.0. The maximum absolute atomic E-state index is 13.1. The van der Waals surface area contributed by atoms with E-state index in [1.165, 1.54) is 15.8 Å². The topological polar surface area (TPSA) is 60.1 Å². The molecule has 0 spiro atoms. The number of aryl methyl sites for hydroxylation is 1. The molecule has 0 aliphatic rings. The van der Waals surface area contributed by atoms with Gasteiger partial charge < -0.3 is 9.47 Å². The number of benzene rings is 2. The molecule has 0 aliphatic heterocycles. The van der Waals surface area contributed by atoms with Crippen LogP contribution in [-0.4, -0.2) is 27.1 Å². The first kappa shape index (κ1) is 19.0. The van der Waals surface area contributed by atoms with Crippen molar-refractivity contribution >= 4 is 34.2 Å². The monoisotopic (exact) mass is 406 g/mol. The molecule has 0 saturated heterocycles. The normalized spacial score (nSPS) is 11.0. The van der Waals surface area contributed by atoms with E-state index >= 15 is 0 Å². The number of amides is 1. The number of carbonyl (C=O) groups is 1. The highest BCUT2D eigenvalue weighted by Gasteiger charge is 2.17. The van der Waals surface area contributed by atoms with Gasteiger partial charge in [0.2, 0.25) is 5.91 Å². The van der Waals surface area contributed by atoms with E-state index < -0.39 is 0 Å². The van der Waals surface area contributed by atoms with Crippen molar-refractivity contribution in [3.63, 3.8) is 0 Å². The number of halogens is 1. The second-order valence-electron chi connectivity index (χ2n) is 6.82. The summed E-state index contributed by atoms with van der Waals surface area (Å²) in [6, 6.07) is 16.7. The minimum atomic E-state index is -0.257. The molecular weight excluding hydrogens is 388 g/mol. The number of fused-ring (bicyclic) bond motifs is 1. The fourth-order valence-electron chi connectivity index (χ4n) is 3.31. The fourth-order valence-corrected chi connectivity index (χ4v) is 3.44. The molecule has 0 saturated carbocycles. The van der Waals surface area contributed by atoms with Gasteiger partial charge in [-0.3, -0.25) is 14.2 Å². The van der Waals surface area contributed by atoms with Gasteiger partial charge in [-0.15, -0.1) is 0 Å². The van der Waals surface area contributed by atoms with Gasteiger partial charge in [-0.2, -0.15) is 0 Å². The molecule has 0 N–H and O–H groups in total. The standard InChI is InChI=1S/C22H19ClN4O2/c1-25-12-18(15-8-10-16(23)11-9-15)20-21(25)22(29)27(14-24-20)13-19(28)26(2)17-6-4-3-5-7-17/h3-12,14H,13H2,1-2H3. The Morgan fingerprint density at radius 3 is 2.48 bits per heavy atom. The van der Waals surface area contributed by atoms with E-state index in [4.69, 9.17) is 11.6 Å². The predicted octanol–water partition coefficient (Wildman–Crippen LogP) is 3.72. The van der Waals surface area contributed by atoms with Gasteiger partial charge in [0.25, 0.3) is 5.56 Å². The van der Waals surface area contributed by atoms with Crippen LogP contribution in [0, 0.1) is 0 Å². The summed E-state index contributed by atoms with van der Waals surface area (Å²) in [6.45, 7) is -0.0887. The average Bonchev–Trinajstić information content (AvgIpc) is 3.07. The Bertz CT molecular complexity index is 1240. The number of likely N-dealkylation sites (N-methyl/N-ethyl adjacent to an activating group) is 1. The molecular formula is C22H19ClN4O2. The summed E-state index contributed by atoms with van der Waals surface area (Å²) in [5.41, 5.74) is 3.32. The van der Waals surface area contributed by atoms with Crippen LogP contribution in [-0.2, 0) is 18.4 Å². The van der Waals surface area contributed by atoms with Crippen LogP contribution in [0.3, 0.4) is 0 Å². The van der Waals surface area contributed by atoms with Gasteiger partial charge in [0, 0.05) is 36.6 Å². The molecule has 7 heteroatoms. The van der Waals surface area contributed by atoms with E-state index in [-0.39, 0.29) is 18.0 Å². The molecule has 4 rings (SSSR count). The molecule has 0 fully saturated rings. The lowest BCUT2D eigenvalue weighted by atomic mass is 10.1. The summed E-state index contributed by atoms with van der Waals surface area (Å²) in [5.74, 6) is -0.202. The third-order valence-corrected chi connectivity index (χ3v) is 5.17. The van der Waals surface area contributed by atoms with Crippen LogP contribution in [0.25, 0.3) is 22.2 Å². The average molecular weight is 407 g/mol. The predicted molar refractivity (Wildman–Crippen MR) is 115 cm³/mol. The van der Waals surface area contributed by atoms with Gasteiger partial charge in [0.05, 0.1) is 6.33 Å². The van der Waals surface area contributed by atoms with Crippen LogP contribution in [0.15, 0.2) is 71.9 Å². The minimum Gasteiger partial charge on any atom is -0.344 e. The van der Waals surface area contributed by atoms with Crippen LogP contribution in [0.2, 0.25) is 5.02 Å². The van der Waals surface area contributed by atoms with Crippen molar-refractivity contribution in [1.82, 2.24) is 14.1 Å². The molecule has 0 atom stereocenters. The molecule has 146 valence electrons. The lowest BCUT2D eigenvalue weighted by Crippen LogP contribution is -2.34. The summed E-state index contributed by atoms with van der Waals surface area (Å²) in [5, 5.41) is 0.644. The SMILES string of the molecule is CN(C(=O)Cn1cnc2c(-c3ccc(Cl)cc3)cn(C)c2c1=O)c1ccccc1. The molecule has 2 aromatic heterocycles. The number of nitrogens with zero attached hydrogens (tertiary/aromatic N) is 4. The van der Waals surface area contributed by atoms with E-state index in [1.54, 1.807) is 30.8 Å². The number of anilines is 1. The maximum atomic E-state index is 13.1. The second kappa shape index (κ2) is 7.56. The van der Waals surface area contributed by atoms with Gasteiger partial charge in [-0.05, 0) is 29.8 Å². The van der Waals surface area contributed by atoms with E-state index in [1.807, 2.05) is 48.7 Å². The fraction of sp³-hybridized carbons (Fsp3) is 0.136. The number of para-hydroxylation sites is 1. The number of rotatable bonds is 4. The minimum absolute atomic E-state index is 0.0887. The molecule has 29 heavy (non-hydrogen) atoms. The molecule has 1 amide bonds. The van der Waals surface area contributed by atoms with Crippen LogP contribution >= 0.6 is 11.6 Å². The Morgan fingerprint density at radius 2 is 1.79 bits per heavy atom. The number of aromatic nitrogens is 3. The smallest absolute Gasteiger partial charge is 0.278 e. The van der Waals surface area contributed by atoms with Crippen LogP contribution in [0.4, 0.5) is 5.69 Å². The third kappa shape index (κ3) is 3.54. The van der Waals surface area contributed by atoms with Crippen molar-refractivity contribution in [2.24, 2.45) is 7.05 Å². The second-order valence-corrected chi connectivity index (χ2v) is 7.26. The highest BCUT2D eigenvalue weighted by atomic mass is 35.5. The lowest BCUT2D eigenvalue weighted by Gasteiger charge is -2.17. The Kier molecular flexibility index (Phi) is 4.94. The van der Waals surface area contributed by atoms with E-state index in [9.17, 15) is 9.59 Å². The van der Waals surface area contributed by atoms with Gasteiger partial charge in [0.1, 0.15) is 17.6 Å². The van der Waals surface area contributed by atoms with Crippen molar-refractivity contribution < 1.29 is 4.79 Å². The van der Waals surface area contributed by atoms with Crippen molar-refractivity contribution in [3.8, 4) is 11.1 Å². The Hall–Kier alpha value is -3.38. The van der Waals surface area contributed by atoms with Crippen molar-refractivity contribution in [2.75, 3.05) is 11.9 Å². The Labute approximate surface area is 172 Å². The summed E-state index contributed by atoms with van der Waals surface area (Å²) in [7, 11) is 3.49. The molecule has 2 aromatic carbocycles. The molecule has 4 aromatic rings. The van der Waals surface area contributed by atoms with Crippen LogP contribution in [0.1, 0.15) is 0 Å². The van der Waals surface area contributed by atoms with Gasteiger partial charge >= 0.3 is 0 Å². The summed E-state index contributed by atoms with van der Waals surface area (Å²) in [4.78, 5) is 31.7. The van der Waals surface area contributed by atoms with Gasteiger partial charge in [-0.1, -0.05) is 41.9 Å². The zero-order valence-electron chi connectivity index (χ0n) is 16.0. The van der Waals surface area contributed by atoms with Crippen LogP contribution in [0.5, 0.6) is 0 Å². The lowest BCUT2D eigenvalue weighted by molar-refractivity contribution is -0.118. The Balaban J connectivity index is 1.70. The highest BCUT2D eigenvalue weighted by molar-refractivity contribution is 6.30. The molecule has 0 bridgehead atoms. The van der Waals surface area contributed by atoms with Crippen LogP contribution < -0.4 is 10.5 Å². The summed E-state index contributed by atoms with van der Waals surface area (Å²) < 4.78 is 3.09. The van der Waals surface area contributed by atoms with Crippen molar-refractivity contribution in [2.45, 2.75) is 6.54 Å². The molecule has 0 radical (unpaired) electrons. The molecule has 0 unspecified atom stereocenters. The summed E-state index contributed by atoms with van der Waals surface area (Å²) >= 11 is 5.98. The van der Waals surface area contributed by atoms with Gasteiger partial charge in [0.15, 0.2) is 0 Å². The number of hydrogen-bond acceptors (Lipinski definition) is 3. The quantitative estimate of drug-likeness (QED) is 0.519. The number of carbonyl (C=O) groups excluding carboxylic acids is 1. The van der Waals surface area contributed by atoms with Crippen molar-refractivity contribution in [1.29, 1.82) is 0 Å². The van der Waals surface area contributed by atoms with Crippen molar-refractivity contribution in [3.05, 3.63) is 82.5 Å². The van der Waals surface area contributed by atoms with E-state index in [0.717, 1.165) is 16.8 Å². The maximum Gasteiger partial charge on any atom is 0.278 e. The summed E-state index contributed by atoms with van der Waals surface area (Å²) in [6.07, 6.45) is 3.30. The molecule has 6 nitrogen and oxygen atoms in total. The highest BCUT2D eigenvalue weighted by Crippen LogP contribution is 2.28. The Morgan fingerprint density at radius 1 is 1.10 bits per heavy atom. The number of hydrogen-bond donors (Lipinski definition) is 0. The zero-order valence-corrected chi connectivity index (χ0v) is 16.8. The first-order valence-electron chi connectivity index (χ1n) is 9.07. The largest absolute Gasteiger partial charge is 0.344 e. The third-order valence-electron chi connectivity index (χ3n) is 4.92. The first-order valence-corrected chi connectivity index (χ1v) is 9.45. The molecule has 0 aliphatic carbocycles. The van der Waals surface area contributed by atoms with E-state index in [0.29, 0.717) is 16.1 Å². The van der Waals surface area contributed by atoms with Gasteiger partial charge in [-0.25, -0.2) is 4.98 Å². The van der Waals surface area contributed by atoms with E-state index in [2.05, 4.69) is 4.98 Å². The molecule has 2 heterocycles.